The Labute approximate surface area is 132 Å². The Balaban J connectivity index is 1.58. The number of likely N-dealkylation sites (tertiary alicyclic amines) is 2. The molecule has 3 nitrogen and oxygen atoms in total. The van der Waals surface area contributed by atoms with E-state index in [1.54, 1.807) is 0 Å². The first kappa shape index (κ1) is 15.3. The highest BCUT2D eigenvalue weighted by Gasteiger charge is 2.28. The number of nitrogens with zero attached hydrogens (tertiary/aromatic N) is 2. The van der Waals surface area contributed by atoms with Gasteiger partial charge in [-0.25, -0.2) is 0 Å². The number of benzene rings is 1. The van der Waals surface area contributed by atoms with Crippen molar-refractivity contribution >= 4 is 11.6 Å². The largest absolute Gasteiger partial charge is 0.387 e. The first-order valence-electron chi connectivity index (χ1n) is 8.13. The molecule has 2 fully saturated rings. The Morgan fingerprint density at radius 3 is 2.67 bits per heavy atom. The van der Waals surface area contributed by atoms with E-state index in [9.17, 15) is 5.11 Å². The molecule has 0 aliphatic carbocycles. The molecule has 2 atom stereocenters. The monoisotopic (exact) mass is 308 g/mol. The second kappa shape index (κ2) is 7.10. The van der Waals surface area contributed by atoms with Crippen molar-refractivity contribution in [2.24, 2.45) is 0 Å². The fraction of sp³-hybridized carbons (Fsp3) is 0.647. The topological polar surface area (TPSA) is 26.7 Å². The lowest BCUT2D eigenvalue weighted by atomic mass is 10.0. The summed E-state index contributed by atoms with van der Waals surface area (Å²) >= 11 is 6.18. The van der Waals surface area contributed by atoms with E-state index in [1.165, 1.54) is 38.8 Å². The fourth-order valence-corrected chi connectivity index (χ4v) is 3.95. The summed E-state index contributed by atoms with van der Waals surface area (Å²) in [5, 5.41) is 11.1. The zero-order valence-corrected chi connectivity index (χ0v) is 13.3. The van der Waals surface area contributed by atoms with E-state index in [2.05, 4.69) is 9.80 Å². The molecule has 4 heteroatoms. The molecule has 21 heavy (non-hydrogen) atoms. The molecule has 2 heterocycles. The zero-order chi connectivity index (χ0) is 14.7. The summed E-state index contributed by atoms with van der Waals surface area (Å²) < 4.78 is 0. The van der Waals surface area contributed by atoms with Gasteiger partial charge in [-0.2, -0.15) is 0 Å². The van der Waals surface area contributed by atoms with E-state index in [0.717, 1.165) is 18.7 Å². The Kier molecular flexibility index (Phi) is 5.17. The molecule has 1 aromatic rings. The average molecular weight is 309 g/mol. The molecule has 2 aliphatic rings. The van der Waals surface area contributed by atoms with Crippen LogP contribution in [0.1, 0.15) is 37.4 Å². The van der Waals surface area contributed by atoms with E-state index < -0.39 is 6.10 Å². The minimum Gasteiger partial charge on any atom is -0.387 e. The fourth-order valence-electron chi connectivity index (χ4n) is 3.69. The van der Waals surface area contributed by atoms with Gasteiger partial charge >= 0.3 is 0 Å². The Bertz CT molecular complexity index is 462. The normalized spacial score (nSPS) is 26.1. The number of piperidine rings is 1. The van der Waals surface area contributed by atoms with Gasteiger partial charge in [-0.1, -0.05) is 29.8 Å². The average Bonchev–Trinajstić information content (AvgIpc) is 3.02. The lowest BCUT2D eigenvalue weighted by Crippen LogP contribution is -2.47. The maximum Gasteiger partial charge on any atom is 0.0931 e. The maximum atomic E-state index is 10.5. The van der Waals surface area contributed by atoms with E-state index >= 15 is 0 Å². The van der Waals surface area contributed by atoms with Gasteiger partial charge in [0.15, 0.2) is 0 Å². The van der Waals surface area contributed by atoms with Gasteiger partial charge in [0.05, 0.1) is 6.10 Å². The molecule has 3 rings (SSSR count). The van der Waals surface area contributed by atoms with Gasteiger partial charge in [0.25, 0.3) is 0 Å². The number of rotatable bonds is 4. The van der Waals surface area contributed by atoms with Crippen LogP contribution < -0.4 is 0 Å². The molecule has 0 amide bonds. The Morgan fingerprint density at radius 1 is 1.14 bits per heavy atom. The van der Waals surface area contributed by atoms with E-state index in [-0.39, 0.29) is 0 Å². The second-order valence-corrected chi connectivity index (χ2v) is 6.74. The molecule has 1 aromatic carbocycles. The lowest BCUT2D eigenvalue weighted by Gasteiger charge is -2.38. The molecule has 0 aromatic heterocycles. The predicted octanol–water partition coefficient (Wildman–Crippen LogP) is 2.93. The van der Waals surface area contributed by atoms with Gasteiger partial charge in [-0.3, -0.25) is 9.80 Å². The van der Waals surface area contributed by atoms with E-state index in [4.69, 9.17) is 11.6 Å². The minimum atomic E-state index is -0.490. The molecule has 1 N–H and O–H groups in total. The molecular weight excluding hydrogens is 284 g/mol. The van der Waals surface area contributed by atoms with E-state index in [1.807, 2.05) is 24.3 Å². The van der Waals surface area contributed by atoms with Crippen molar-refractivity contribution in [2.75, 3.05) is 32.7 Å². The van der Waals surface area contributed by atoms with Crippen LogP contribution in [-0.2, 0) is 0 Å². The van der Waals surface area contributed by atoms with Crippen LogP contribution in [0, 0.1) is 0 Å². The first-order chi connectivity index (χ1) is 10.2. The highest BCUT2D eigenvalue weighted by Crippen LogP contribution is 2.26. The first-order valence-corrected chi connectivity index (χ1v) is 8.51. The van der Waals surface area contributed by atoms with Gasteiger partial charge in [0, 0.05) is 29.7 Å². The number of aliphatic hydroxyl groups is 1. The van der Waals surface area contributed by atoms with Crippen LogP contribution in [0.3, 0.4) is 0 Å². The maximum absolute atomic E-state index is 10.5. The van der Waals surface area contributed by atoms with E-state index in [0.29, 0.717) is 17.6 Å². The number of β-amino-alcohol motifs (C(OH)–C–C–N with tert-alkyl or cyclic N) is 1. The zero-order valence-electron chi connectivity index (χ0n) is 12.5. The molecule has 2 aliphatic heterocycles. The summed E-state index contributed by atoms with van der Waals surface area (Å²) in [6.07, 6.45) is 4.74. The van der Waals surface area contributed by atoms with Gasteiger partial charge in [0.2, 0.25) is 0 Å². The van der Waals surface area contributed by atoms with Gasteiger partial charge < -0.3 is 5.11 Å². The van der Waals surface area contributed by atoms with Crippen LogP contribution in [0.5, 0.6) is 0 Å². The molecule has 0 bridgehead atoms. The highest BCUT2D eigenvalue weighted by molar-refractivity contribution is 6.31. The molecule has 0 radical (unpaired) electrons. The number of hydrogen-bond donors (Lipinski definition) is 1. The van der Waals surface area contributed by atoms with Crippen molar-refractivity contribution in [2.45, 2.75) is 37.8 Å². The van der Waals surface area contributed by atoms with Crippen LogP contribution in [0.25, 0.3) is 0 Å². The van der Waals surface area contributed by atoms with Crippen LogP contribution in [0.2, 0.25) is 5.02 Å². The van der Waals surface area contributed by atoms with Gasteiger partial charge in [-0.15, -0.1) is 0 Å². The molecule has 0 saturated carbocycles. The predicted molar refractivity (Wildman–Crippen MR) is 86.7 cm³/mol. The van der Waals surface area contributed by atoms with Gasteiger partial charge in [0.1, 0.15) is 0 Å². The Hall–Kier alpha value is -0.610. The third-order valence-corrected chi connectivity index (χ3v) is 5.18. The summed E-state index contributed by atoms with van der Waals surface area (Å²) in [5.74, 6) is 0. The second-order valence-electron chi connectivity index (χ2n) is 6.34. The van der Waals surface area contributed by atoms with Crippen LogP contribution in [-0.4, -0.2) is 53.7 Å². The molecule has 0 spiro atoms. The standard InChI is InChI=1S/C17H25ClN2O/c18-16-8-2-1-7-15(16)17(21)13-19-9-5-6-14(12-19)20-10-3-4-11-20/h1-2,7-8,14,17,21H,3-6,9-13H2/t14-,17+/m1/s1. The molecule has 2 saturated heterocycles. The summed E-state index contributed by atoms with van der Waals surface area (Å²) in [4.78, 5) is 5.04. The molecular formula is C17H25ClN2O. The highest BCUT2D eigenvalue weighted by atomic mass is 35.5. The van der Waals surface area contributed by atoms with Crippen molar-refractivity contribution in [3.63, 3.8) is 0 Å². The van der Waals surface area contributed by atoms with Crippen molar-refractivity contribution in [1.29, 1.82) is 0 Å². The lowest BCUT2D eigenvalue weighted by molar-refractivity contribution is 0.0651. The SMILES string of the molecule is O[C@@H](CN1CCC[C@@H](N2CCCC2)C1)c1ccccc1Cl. The summed E-state index contributed by atoms with van der Waals surface area (Å²) in [6.45, 7) is 5.37. The van der Waals surface area contributed by atoms with Crippen molar-refractivity contribution < 1.29 is 5.11 Å². The third-order valence-electron chi connectivity index (χ3n) is 4.83. The van der Waals surface area contributed by atoms with Crippen molar-refractivity contribution in [1.82, 2.24) is 9.80 Å². The Morgan fingerprint density at radius 2 is 1.90 bits per heavy atom. The minimum absolute atomic E-state index is 0.490. The van der Waals surface area contributed by atoms with Crippen molar-refractivity contribution in [3.8, 4) is 0 Å². The quantitative estimate of drug-likeness (QED) is 0.926. The van der Waals surface area contributed by atoms with Crippen LogP contribution in [0.4, 0.5) is 0 Å². The third kappa shape index (κ3) is 3.78. The van der Waals surface area contributed by atoms with Crippen LogP contribution >= 0.6 is 11.6 Å². The summed E-state index contributed by atoms with van der Waals surface area (Å²) in [7, 11) is 0. The number of hydrogen-bond acceptors (Lipinski definition) is 3. The number of aliphatic hydroxyl groups excluding tert-OH is 1. The number of halogens is 1. The summed E-state index contributed by atoms with van der Waals surface area (Å²) in [6, 6.07) is 8.30. The van der Waals surface area contributed by atoms with Crippen LogP contribution in [0.15, 0.2) is 24.3 Å². The molecule has 0 unspecified atom stereocenters. The summed E-state index contributed by atoms with van der Waals surface area (Å²) in [5.41, 5.74) is 0.850. The van der Waals surface area contributed by atoms with Gasteiger partial charge in [-0.05, 0) is 51.4 Å². The molecule has 116 valence electrons. The smallest absolute Gasteiger partial charge is 0.0931 e. The van der Waals surface area contributed by atoms with Crippen molar-refractivity contribution in [3.05, 3.63) is 34.9 Å².